The van der Waals surface area contributed by atoms with E-state index in [1.165, 1.54) is 36.4 Å². The summed E-state index contributed by atoms with van der Waals surface area (Å²) in [4.78, 5) is 16.8. The molecule has 0 aliphatic carbocycles. The topological polar surface area (TPSA) is 92.6 Å². The third-order valence-electron chi connectivity index (χ3n) is 4.37. The van der Waals surface area contributed by atoms with Crippen molar-refractivity contribution >= 4 is 27.3 Å². The van der Waals surface area contributed by atoms with Crippen molar-refractivity contribution in [1.82, 2.24) is 14.7 Å². The van der Waals surface area contributed by atoms with Crippen LogP contribution >= 0.6 is 0 Å². The molecule has 0 saturated carbocycles. The highest BCUT2D eigenvalue weighted by molar-refractivity contribution is 7.92. The van der Waals surface area contributed by atoms with E-state index < -0.39 is 15.8 Å². The standard InChI is InChI=1S/C21H17FN4O3S/c22-16-6-8-17(9-7-16)25-30(28,29)19-10-4-15(5-11-19)21(27)23-13-18-14-26-12-2-1-3-20(26)24-18/h1-12,14,25H,13H2,(H,23,27). The Kier molecular flexibility index (Phi) is 5.20. The molecule has 0 unspecified atom stereocenters. The van der Waals surface area contributed by atoms with Crippen LogP contribution in [0.3, 0.4) is 0 Å². The Morgan fingerprint density at radius 1 is 1.00 bits per heavy atom. The first-order chi connectivity index (χ1) is 14.4. The fourth-order valence-corrected chi connectivity index (χ4v) is 3.92. The summed E-state index contributed by atoms with van der Waals surface area (Å²) in [6, 6.07) is 16.1. The normalized spacial score (nSPS) is 11.4. The molecule has 2 aromatic carbocycles. The molecule has 4 rings (SSSR count). The van der Waals surface area contributed by atoms with Gasteiger partial charge in [0.05, 0.1) is 17.1 Å². The molecule has 2 N–H and O–H groups in total. The zero-order chi connectivity index (χ0) is 21.1. The highest BCUT2D eigenvalue weighted by atomic mass is 32.2. The lowest BCUT2D eigenvalue weighted by Crippen LogP contribution is -2.23. The summed E-state index contributed by atoms with van der Waals surface area (Å²) in [6.45, 7) is 0.243. The first kappa shape index (κ1) is 19.6. The van der Waals surface area contributed by atoms with Gasteiger partial charge in [-0.1, -0.05) is 6.07 Å². The SMILES string of the molecule is O=C(NCc1cn2ccccc2n1)c1ccc(S(=O)(=O)Nc2ccc(F)cc2)cc1. The molecule has 0 spiro atoms. The first-order valence-corrected chi connectivity index (χ1v) is 10.5. The Morgan fingerprint density at radius 2 is 1.73 bits per heavy atom. The maximum absolute atomic E-state index is 13.0. The number of rotatable bonds is 6. The van der Waals surface area contributed by atoms with Crippen LogP contribution in [0.2, 0.25) is 0 Å². The van der Waals surface area contributed by atoms with Crippen LogP contribution in [-0.4, -0.2) is 23.7 Å². The van der Waals surface area contributed by atoms with Gasteiger partial charge in [-0.2, -0.15) is 0 Å². The van der Waals surface area contributed by atoms with E-state index in [1.807, 2.05) is 35.0 Å². The fraction of sp³-hybridized carbons (Fsp3) is 0.0476. The van der Waals surface area contributed by atoms with Crippen molar-refractivity contribution in [2.75, 3.05) is 4.72 Å². The van der Waals surface area contributed by atoms with Gasteiger partial charge in [-0.05, 0) is 60.7 Å². The highest BCUT2D eigenvalue weighted by Crippen LogP contribution is 2.17. The van der Waals surface area contributed by atoms with Gasteiger partial charge in [0, 0.05) is 23.6 Å². The number of hydrogen-bond donors (Lipinski definition) is 2. The third kappa shape index (κ3) is 4.31. The number of pyridine rings is 1. The van der Waals surface area contributed by atoms with Gasteiger partial charge in [-0.25, -0.2) is 17.8 Å². The summed E-state index contributed by atoms with van der Waals surface area (Å²) in [6.07, 6.45) is 3.69. The van der Waals surface area contributed by atoms with Gasteiger partial charge in [-0.15, -0.1) is 0 Å². The summed E-state index contributed by atoms with van der Waals surface area (Å²) in [5.41, 5.74) is 2.05. The highest BCUT2D eigenvalue weighted by Gasteiger charge is 2.15. The molecular formula is C21H17FN4O3S. The smallest absolute Gasteiger partial charge is 0.261 e. The molecule has 152 valence electrons. The van der Waals surface area contributed by atoms with Crippen molar-refractivity contribution < 1.29 is 17.6 Å². The van der Waals surface area contributed by atoms with Crippen molar-refractivity contribution in [2.24, 2.45) is 0 Å². The van der Waals surface area contributed by atoms with E-state index in [1.54, 1.807) is 0 Å². The summed E-state index contributed by atoms with van der Waals surface area (Å²) < 4.78 is 42.1. The summed E-state index contributed by atoms with van der Waals surface area (Å²) >= 11 is 0. The van der Waals surface area contributed by atoms with E-state index in [0.717, 1.165) is 17.8 Å². The second kappa shape index (κ2) is 7.96. The molecule has 0 atom stereocenters. The number of carbonyl (C=O) groups is 1. The Bertz CT molecular complexity index is 1270. The second-order valence-electron chi connectivity index (χ2n) is 6.52. The zero-order valence-electron chi connectivity index (χ0n) is 15.6. The number of hydrogen-bond acceptors (Lipinski definition) is 4. The fourth-order valence-electron chi connectivity index (χ4n) is 2.86. The van der Waals surface area contributed by atoms with Crippen LogP contribution in [0.15, 0.2) is 84.0 Å². The van der Waals surface area contributed by atoms with Crippen LogP contribution < -0.4 is 10.0 Å². The molecule has 7 nitrogen and oxygen atoms in total. The van der Waals surface area contributed by atoms with Crippen LogP contribution in [0, 0.1) is 5.82 Å². The van der Waals surface area contributed by atoms with E-state index in [0.29, 0.717) is 11.3 Å². The largest absolute Gasteiger partial charge is 0.346 e. The predicted molar refractivity (Wildman–Crippen MR) is 110 cm³/mol. The lowest BCUT2D eigenvalue weighted by molar-refractivity contribution is 0.0950. The molecule has 0 aliphatic rings. The third-order valence-corrected chi connectivity index (χ3v) is 5.76. The molecule has 0 fully saturated rings. The predicted octanol–water partition coefficient (Wildman–Crippen LogP) is 3.20. The van der Waals surface area contributed by atoms with Crippen LogP contribution in [0.25, 0.3) is 5.65 Å². The van der Waals surface area contributed by atoms with Gasteiger partial charge in [0.2, 0.25) is 0 Å². The Morgan fingerprint density at radius 3 is 2.43 bits per heavy atom. The van der Waals surface area contributed by atoms with Gasteiger partial charge in [0.1, 0.15) is 11.5 Å². The number of nitrogens with one attached hydrogen (secondary N) is 2. The number of benzene rings is 2. The van der Waals surface area contributed by atoms with Crippen molar-refractivity contribution in [3.05, 3.63) is 96.2 Å². The van der Waals surface area contributed by atoms with Crippen LogP contribution in [0.4, 0.5) is 10.1 Å². The van der Waals surface area contributed by atoms with Gasteiger partial charge in [0.25, 0.3) is 15.9 Å². The summed E-state index contributed by atoms with van der Waals surface area (Å²) in [5, 5.41) is 2.76. The maximum atomic E-state index is 13.0. The number of fused-ring (bicyclic) bond motifs is 1. The van der Waals surface area contributed by atoms with Crippen molar-refractivity contribution in [1.29, 1.82) is 0 Å². The van der Waals surface area contributed by atoms with Crippen LogP contribution in [0.1, 0.15) is 16.1 Å². The van der Waals surface area contributed by atoms with E-state index in [-0.39, 0.29) is 23.0 Å². The number of amides is 1. The van der Waals surface area contributed by atoms with E-state index >= 15 is 0 Å². The lowest BCUT2D eigenvalue weighted by Gasteiger charge is -2.09. The minimum atomic E-state index is -3.86. The van der Waals surface area contributed by atoms with Crippen molar-refractivity contribution in [2.45, 2.75) is 11.4 Å². The van der Waals surface area contributed by atoms with Crippen molar-refractivity contribution in [3.63, 3.8) is 0 Å². The van der Waals surface area contributed by atoms with Gasteiger partial charge >= 0.3 is 0 Å². The van der Waals surface area contributed by atoms with Gasteiger partial charge in [0.15, 0.2) is 0 Å². The lowest BCUT2D eigenvalue weighted by atomic mass is 10.2. The number of anilines is 1. The molecule has 30 heavy (non-hydrogen) atoms. The molecular weight excluding hydrogens is 407 g/mol. The minimum absolute atomic E-state index is 0.0104. The molecule has 1 amide bonds. The molecule has 4 aromatic rings. The Labute approximate surface area is 172 Å². The maximum Gasteiger partial charge on any atom is 0.261 e. The number of aromatic nitrogens is 2. The molecule has 9 heteroatoms. The Balaban J connectivity index is 1.41. The number of nitrogens with zero attached hydrogens (tertiary/aromatic N) is 2. The minimum Gasteiger partial charge on any atom is -0.346 e. The molecule has 0 saturated heterocycles. The van der Waals surface area contributed by atoms with E-state index in [4.69, 9.17) is 0 Å². The van der Waals surface area contributed by atoms with Gasteiger partial charge in [-0.3, -0.25) is 9.52 Å². The quantitative estimate of drug-likeness (QED) is 0.497. The van der Waals surface area contributed by atoms with Gasteiger partial charge < -0.3 is 9.72 Å². The average Bonchev–Trinajstić information content (AvgIpc) is 3.17. The summed E-state index contributed by atoms with van der Waals surface area (Å²) in [7, 11) is -3.86. The van der Waals surface area contributed by atoms with E-state index in [2.05, 4.69) is 15.0 Å². The first-order valence-electron chi connectivity index (χ1n) is 9.00. The molecule has 2 heterocycles. The molecule has 2 aromatic heterocycles. The van der Waals surface area contributed by atoms with E-state index in [9.17, 15) is 17.6 Å². The number of carbonyl (C=O) groups excluding carboxylic acids is 1. The monoisotopic (exact) mass is 424 g/mol. The molecule has 0 bridgehead atoms. The number of sulfonamides is 1. The Hall–Kier alpha value is -3.72. The zero-order valence-corrected chi connectivity index (χ0v) is 16.4. The molecule has 0 radical (unpaired) electrons. The summed E-state index contributed by atoms with van der Waals surface area (Å²) in [5.74, 6) is -0.806. The van der Waals surface area contributed by atoms with Crippen LogP contribution in [0.5, 0.6) is 0 Å². The van der Waals surface area contributed by atoms with Crippen LogP contribution in [-0.2, 0) is 16.6 Å². The van der Waals surface area contributed by atoms with Crippen molar-refractivity contribution in [3.8, 4) is 0 Å². The average molecular weight is 424 g/mol. The number of halogens is 1. The number of imidazole rings is 1. The molecule has 0 aliphatic heterocycles. The second-order valence-corrected chi connectivity index (χ2v) is 8.20.